The fourth-order valence-corrected chi connectivity index (χ4v) is 5.58. The highest BCUT2D eigenvalue weighted by atomic mass is 16.3. The van der Waals surface area contributed by atoms with Crippen LogP contribution in [0, 0.1) is 17.3 Å². The molecule has 3 unspecified atom stereocenters. The Morgan fingerprint density at radius 2 is 2.05 bits per heavy atom. The van der Waals surface area contributed by atoms with E-state index in [1.807, 2.05) is 6.07 Å². The molecule has 2 saturated carbocycles. The number of hydrogen-bond acceptors (Lipinski definition) is 2. The number of fused-ring (bicyclic) bond motifs is 4. The van der Waals surface area contributed by atoms with Gasteiger partial charge in [-0.25, -0.2) is 0 Å². The normalized spacial score (nSPS) is 38.2. The van der Waals surface area contributed by atoms with Crippen molar-refractivity contribution in [2.45, 2.75) is 64.2 Å². The standard InChI is InChI=1S/C19H27NO/c1-19-7-2-3-14(19)9-12-4-5-13-10-18(21)17(20)11-16(13)15(12)6-8-19/h10-12,14-15,21H,2-9,20H2,1H3/t12?,14?,15?,19-/m0/s1. The van der Waals surface area contributed by atoms with Gasteiger partial charge in [-0.15, -0.1) is 0 Å². The second-order valence-electron chi connectivity index (χ2n) is 8.03. The second kappa shape index (κ2) is 4.66. The summed E-state index contributed by atoms with van der Waals surface area (Å²) < 4.78 is 0. The molecule has 114 valence electrons. The van der Waals surface area contributed by atoms with E-state index in [2.05, 4.69) is 13.0 Å². The van der Waals surface area contributed by atoms with Gasteiger partial charge in [0.15, 0.2) is 0 Å². The minimum absolute atomic E-state index is 0.268. The van der Waals surface area contributed by atoms with Crippen LogP contribution in [-0.2, 0) is 6.42 Å². The number of aryl methyl sites for hydroxylation is 1. The zero-order chi connectivity index (χ0) is 14.6. The highest BCUT2D eigenvalue weighted by Crippen LogP contribution is 2.57. The molecule has 1 aromatic carbocycles. The first-order chi connectivity index (χ1) is 10.1. The monoisotopic (exact) mass is 285 g/mol. The maximum absolute atomic E-state index is 9.87. The second-order valence-corrected chi connectivity index (χ2v) is 8.03. The third-order valence-electron chi connectivity index (χ3n) is 6.94. The Morgan fingerprint density at radius 3 is 2.90 bits per heavy atom. The summed E-state index contributed by atoms with van der Waals surface area (Å²) in [4.78, 5) is 0. The Balaban J connectivity index is 1.70. The number of aromatic hydroxyl groups is 1. The lowest BCUT2D eigenvalue weighted by Gasteiger charge is -2.34. The molecular weight excluding hydrogens is 258 g/mol. The molecule has 3 aliphatic rings. The molecule has 0 amide bonds. The Hall–Kier alpha value is -1.18. The lowest BCUT2D eigenvalue weighted by Crippen LogP contribution is -2.23. The third kappa shape index (κ3) is 2.06. The van der Waals surface area contributed by atoms with Crippen molar-refractivity contribution in [2.75, 3.05) is 5.73 Å². The Kier molecular flexibility index (Phi) is 2.99. The predicted octanol–water partition coefficient (Wildman–Crippen LogP) is 4.61. The zero-order valence-electron chi connectivity index (χ0n) is 13.1. The van der Waals surface area contributed by atoms with E-state index in [4.69, 9.17) is 5.73 Å². The molecule has 0 spiro atoms. The molecule has 4 atom stereocenters. The van der Waals surface area contributed by atoms with Crippen LogP contribution < -0.4 is 5.73 Å². The first-order valence-electron chi connectivity index (χ1n) is 8.68. The number of phenols is 1. The molecule has 0 aromatic heterocycles. The highest BCUT2D eigenvalue weighted by molar-refractivity contribution is 5.57. The van der Waals surface area contributed by atoms with Crippen LogP contribution in [0.2, 0.25) is 0 Å². The van der Waals surface area contributed by atoms with Gasteiger partial charge in [0, 0.05) is 0 Å². The largest absolute Gasteiger partial charge is 0.506 e. The summed E-state index contributed by atoms with van der Waals surface area (Å²) in [5, 5.41) is 9.87. The van der Waals surface area contributed by atoms with Crippen molar-refractivity contribution in [3.63, 3.8) is 0 Å². The number of hydrogen-bond donors (Lipinski definition) is 2. The molecule has 2 heteroatoms. The van der Waals surface area contributed by atoms with Gasteiger partial charge in [-0.05, 0) is 91.4 Å². The fourth-order valence-electron chi connectivity index (χ4n) is 5.58. The molecule has 0 heterocycles. The van der Waals surface area contributed by atoms with Gasteiger partial charge in [-0.3, -0.25) is 0 Å². The molecule has 4 rings (SSSR count). The number of anilines is 1. The van der Waals surface area contributed by atoms with E-state index < -0.39 is 0 Å². The van der Waals surface area contributed by atoms with E-state index in [-0.39, 0.29) is 5.75 Å². The Labute approximate surface area is 127 Å². The van der Waals surface area contributed by atoms with Gasteiger partial charge in [0.25, 0.3) is 0 Å². The van der Waals surface area contributed by atoms with Crippen LogP contribution in [0.5, 0.6) is 5.75 Å². The summed E-state index contributed by atoms with van der Waals surface area (Å²) >= 11 is 0. The smallest absolute Gasteiger partial charge is 0.138 e. The van der Waals surface area contributed by atoms with E-state index in [1.165, 1.54) is 56.1 Å². The minimum Gasteiger partial charge on any atom is -0.506 e. The minimum atomic E-state index is 0.268. The molecule has 3 aliphatic carbocycles. The van der Waals surface area contributed by atoms with Crippen molar-refractivity contribution >= 4 is 5.69 Å². The molecule has 21 heavy (non-hydrogen) atoms. The van der Waals surface area contributed by atoms with E-state index in [0.717, 1.165) is 18.3 Å². The van der Waals surface area contributed by atoms with Crippen LogP contribution in [0.1, 0.15) is 68.9 Å². The Bertz CT molecular complexity index is 567. The quantitative estimate of drug-likeness (QED) is 0.540. The van der Waals surface area contributed by atoms with Crippen LogP contribution in [-0.4, -0.2) is 5.11 Å². The maximum atomic E-state index is 9.87. The van der Waals surface area contributed by atoms with Crippen molar-refractivity contribution in [1.29, 1.82) is 0 Å². The van der Waals surface area contributed by atoms with Crippen molar-refractivity contribution in [3.05, 3.63) is 23.3 Å². The maximum Gasteiger partial charge on any atom is 0.138 e. The first kappa shape index (κ1) is 13.5. The molecule has 0 aliphatic heterocycles. The summed E-state index contributed by atoms with van der Waals surface area (Å²) in [5.74, 6) is 2.73. The number of benzene rings is 1. The fraction of sp³-hybridized carbons (Fsp3) is 0.684. The van der Waals surface area contributed by atoms with Crippen molar-refractivity contribution in [2.24, 2.45) is 17.3 Å². The van der Waals surface area contributed by atoms with E-state index >= 15 is 0 Å². The SMILES string of the molecule is C[C@@]12CCCC1CC1CCc3cc(O)c(N)cc3C1CC2. The molecule has 2 fully saturated rings. The number of phenolic OH excluding ortho intramolecular Hbond substituents is 1. The van der Waals surface area contributed by atoms with Gasteiger partial charge in [0.2, 0.25) is 0 Å². The number of rotatable bonds is 0. The van der Waals surface area contributed by atoms with Crippen LogP contribution >= 0.6 is 0 Å². The van der Waals surface area contributed by atoms with E-state index in [9.17, 15) is 5.11 Å². The van der Waals surface area contributed by atoms with E-state index in [0.29, 0.717) is 17.0 Å². The topological polar surface area (TPSA) is 46.2 Å². The average molecular weight is 285 g/mol. The zero-order valence-corrected chi connectivity index (χ0v) is 13.1. The first-order valence-corrected chi connectivity index (χ1v) is 8.68. The van der Waals surface area contributed by atoms with Gasteiger partial charge >= 0.3 is 0 Å². The average Bonchev–Trinajstić information content (AvgIpc) is 2.74. The Morgan fingerprint density at radius 1 is 1.19 bits per heavy atom. The summed E-state index contributed by atoms with van der Waals surface area (Å²) in [5.41, 5.74) is 9.93. The van der Waals surface area contributed by atoms with Crippen molar-refractivity contribution in [1.82, 2.24) is 0 Å². The van der Waals surface area contributed by atoms with Crippen LogP contribution in [0.4, 0.5) is 5.69 Å². The molecule has 0 saturated heterocycles. The van der Waals surface area contributed by atoms with Gasteiger partial charge < -0.3 is 10.8 Å². The molecular formula is C19H27NO. The van der Waals surface area contributed by atoms with Crippen LogP contribution in [0.25, 0.3) is 0 Å². The van der Waals surface area contributed by atoms with Gasteiger partial charge in [-0.2, -0.15) is 0 Å². The van der Waals surface area contributed by atoms with Crippen LogP contribution in [0.3, 0.4) is 0 Å². The lowest BCUT2D eigenvalue weighted by atomic mass is 9.71. The molecule has 0 radical (unpaired) electrons. The molecule has 0 bridgehead atoms. The van der Waals surface area contributed by atoms with Crippen LogP contribution in [0.15, 0.2) is 12.1 Å². The summed E-state index contributed by atoms with van der Waals surface area (Å²) in [6.07, 6.45) is 10.8. The molecule has 3 N–H and O–H groups in total. The number of nitrogens with two attached hydrogens (primary N) is 1. The summed E-state index contributed by atoms with van der Waals surface area (Å²) in [6, 6.07) is 4.00. The predicted molar refractivity (Wildman–Crippen MR) is 86.4 cm³/mol. The summed E-state index contributed by atoms with van der Waals surface area (Å²) in [6.45, 7) is 2.54. The van der Waals surface area contributed by atoms with Gasteiger partial charge in [-0.1, -0.05) is 13.3 Å². The number of nitrogen functional groups attached to an aromatic ring is 1. The summed E-state index contributed by atoms with van der Waals surface area (Å²) in [7, 11) is 0. The highest BCUT2D eigenvalue weighted by Gasteiger charge is 2.45. The van der Waals surface area contributed by atoms with Crippen molar-refractivity contribution < 1.29 is 5.11 Å². The van der Waals surface area contributed by atoms with Gasteiger partial charge in [0.1, 0.15) is 5.75 Å². The van der Waals surface area contributed by atoms with Crippen molar-refractivity contribution in [3.8, 4) is 5.75 Å². The van der Waals surface area contributed by atoms with Gasteiger partial charge in [0.05, 0.1) is 5.69 Å². The lowest BCUT2D eigenvalue weighted by molar-refractivity contribution is 0.199. The molecule has 1 aromatic rings. The third-order valence-corrected chi connectivity index (χ3v) is 6.94. The molecule has 2 nitrogen and oxygen atoms in total. The van der Waals surface area contributed by atoms with E-state index in [1.54, 1.807) is 0 Å².